The van der Waals surface area contributed by atoms with Crippen molar-refractivity contribution in [3.05, 3.63) is 35.4 Å². The Morgan fingerprint density at radius 1 is 1.05 bits per heavy atom. The van der Waals surface area contributed by atoms with Crippen molar-refractivity contribution in [1.29, 1.82) is 0 Å². The molecule has 1 aromatic rings. The molecule has 0 atom stereocenters. The van der Waals surface area contributed by atoms with Crippen LogP contribution in [0.2, 0.25) is 0 Å². The van der Waals surface area contributed by atoms with Gasteiger partial charge in [0.05, 0.1) is 0 Å². The standard InChI is InChI=1S/C15H20F3N/c1-13(2,3)12-6-4-11(5-7-12)10-19-14(8-9-14)15(16,17)18/h4-7,19H,8-10H2,1-3H3. The van der Waals surface area contributed by atoms with Crippen LogP contribution in [0.1, 0.15) is 44.7 Å². The maximum atomic E-state index is 12.8. The zero-order valence-corrected chi connectivity index (χ0v) is 11.6. The maximum Gasteiger partial charge on any atom is 0.406 e. The van der Waals surface area contributed by atoms with Crippen molar-refractivity contribution in [3.63, 3.8) is 0 Å². The fourth-order valence-electron chi connectivity index (χ4n) is 2.08. The first-order valence-corrected chi connectivity index (χ1v) is 6.55. The van der Waals surface area contributed by atoms with Crippen molar-refractivity contribution >= 4 is 0 Å². The maximum absolute atomic E-state index is 12.8. The third-order valence-corrected chi connectivity index (χ3v) is 3.74. The van der Waals surface area contributed by atoms with Crippen molar-refractivity contribution in [2.75, 3.05) is 0 Å². The largest absolute Gasteiger partial charge is 0.406 e. The third-order valence-electron chi connectivity index (χ3n) is 3.74. The van der Waals surface area contributed by atoms with Gasteiger partial charge in [0.1, 0.15) is 5.54 Å². The van der Waals surface area contributed by atoms with E-state index in [1.165, 1.54) is 5.56 Å². The molecule has 1 aromatic carbocycles. The van der Waals surface area contributed by atoms with Crippen molar-refractivity contribution < 1.29 is 13.2 Å². The molecular weight excluding hydrogens is 251 g/mol. The molecule has 2 rings (SSSR count). The third kappa shape index (κ3) is 3.11. The van der Waals surface area contributed by atoms with E-state index >= 15 is 0 Å². The first-order valence-electron chi connectivity index (χ1n) is 6.55. The van der Waals surface area contributed by atoms with Crippen LogP contribution in [0.5, 0.6) is 0 Å². The number of halogens is 3. The summed E-state index contributed by atoms with van der Waals surface area (Å²) in [4.78, 5) is 0. The molecule has 4 heteroatoms. The van der Waals surface area contributed by atoms with Gasteiger partial charge in [-0.1, -0.05) is 45.0 Å². The minimum Gasteiger partial charge on any atom is -0.299 e. The fourth-order valence-corrected chi connectivity index (χ4v) is 2.08. The minimum atomic E-state index is -4.14. The highest BCUT2D eigenvalue weighted by atomic mass is 19.4. The topological polar surface area (TPSA) is 12.0 Å². The first-order chi connectivity index (χ1) is 8.64. The molecule has 0 amide bonds. The summed E-state index contributed by atoms with van der Waals surface area (Å²) >= 11 is 0. The predicted molar refractivity (Wildman–Crippen MR) is 70.0 cm³/mol. The Kier molecular flexibility index (Phi) is 3.42. The van der Waals surface area contributed by atoms with Crippen LogP contribution in [0.15, 0.2) is 24.3 Å². The van der Waals surface area contributed by atoms with Crippen molar-refractivity contribution in [3.8, 4) is 0 Å². The fraction of sp³-hybridized carbons (Fsp3) is 0.600. The molecule has 1 nitrogen and oxygen atoms in total. The van der Waals surface area contributed by atoms with Gasteiger partial charge in [-0.05, 0) is 29.4 Å². The Labute approximate surface area is 112 Å². The highest BCUT2D eigenvalue weighted by Gasteiger charge is 2.62. The van der Waals surface area contributed by atoms with E-state index in [1.807, 2.05) is 24.3 Å². The summed E-state index contributed by atoms with van der Waals surface area (Å²) in [5.74, 6) is 0. The molecule has 0 unspecified atom stereocenters. The summed E-state index contributed by atoms with van der Waals surface area (Å²) in [5.41, 5.74) is 0.516. The second-order valence-electron chi connectivity index (χ2n) is 6.38. The Bertz CT molecular complexity index is 436. The summed E-state index contributed by atoms with van der Waals surface area (Å²) in [6, 6.07) is 7.79. The van der Waals surface area contributed by atoms with Gasteiger partial charge in [-0.25, -0.2) is 0 Å². The molecule has 1 fully saturated rings. The molecule has 1 aliphatic rings. The van der Waals surface area contributed by atoms with E-state index in [-0.39, 0.29) is 24.8 Å². The van der Waals surface area contributed by atoms with Gasteiger partial charge in [0.15, 0.2) is 0 Å². The average molecular weight is 271 g/mol. The van der Waals surface area contributed by atoms with E-state index in [2.05, 4.69) is 26.1 Å². The lowest BCUT2D eigenvalue weighted by atomic mass is 9.87. The molecule has 1 aliphatic carbocycles. The average Bonchev–Trinajstić information content (AvgIpc) is 3.06. The summed E-state index contributed by atoms with van der Waals surface area (Å²) in [7, 11) is 0. The summed E-state index contributed by atoms with van der Waals surface area (Å²) in [5, 5.41) is 2.66. The summed E-state index contributed by atoms with van der Waals surface area (Å²) in [6.07, 6.45) is -3.76. The lowest BCUT2D eigenvalue weighted by molar-refractivity contribution is -0.166. The van der Waals surface area contributed by atoms with E-state index in [4.69, 9.17) is 0 Å². The molecule has 0 aromatic heterocycles. The quantitative estimate of drug-likeness (QED) is 0.870. The predicted octanol–water partition coefficient (Wildman–Crippen LogP) is 4.17. The van der Waals surface area contributed by atoms with Gasteiger partial charge in [0.25, 0.3) is 0 Å². The zero-order valence-electron chi connectivity index (χ0n) is 11.6. The lowest BCUT2D eigenvalue weighted by Gasteiger charge is -2.22. The van der Waals surface area contributed by atoms with E-state index in [1.54, 1.807) is 0 Å². The molecule has 1 saturated carbocycles. The van der Waals surface area contributed by atoms with E-state index < -0.39 is 11.7 Å². The normalized spacial score (nSPS) is 18.4. The van der Waals surface area contributed by atoms with Crippen LogP contribution >= 0.6 is 0 Å². The number of alkyl halides is 3. The van der Waals surface area contributed by atoms with Gasteiger partial charge in [-0.2, -0.15) is 13.2 Å². The van der Waals surface area contributed by atoms with E-state index in [0.717, 1.165) is 5.56 Å². The Hall–Kier alpha value is -1.03. The van der Waals surface area contributed by atoms with Crippen LogP contribution < -0.4 is 5.32 Å². The van der Waals surface area contributed by atoms with Crippen LogP contribution in [0.3, 0.4) is 0 Å². The molecule has 1 N–H and O–H groups in total. The van der Waals surface area contributed by atoms with Crippen LogP contribution in [0.4, 0.5) is 13.2 Å². The number of benzene rings is 1. The Morgan fingerprint density at radius 2 is 1.58 bits per heavy atom. The van der Waals surface area contributed by atoms with Crippen LogP contribution in [-0.2, 0) is 12.0 Å². The molecular formula is C15H20F3N. The van der Waals surface area contributed by atoms with E-state index in [9.17, 15) is 13.2 Å². The molecule has 0 aliphatic heterocycles. The van der Waals surface area contributed by atoms with Gasteiger partial charge in [-0.3, -0.25) is 5.32 Å². The smallest absolute Gasteiger partial charge is 0.299 e. The van der Waals surface area contributed by atoms with Gasteiger partial charge >= 0.3 is 6.18 Å². The zero-order chi connectivity index (χ0) is 14.3. The van der Waals surface area contributed by atoms with Crippen LogP contribution in [-0.4, -0.2) is 11.7 Å². The first kappa shape index (κ1) is 14.4. The summed E-state index contributed by atoms with van der Waals surface area (Å²) in [6.45, 7) is 6.61. The van der Waals surface area contributed by atoms with Crippen molar-refractivity contribution in [2.24, 2.45) is 0 Å². The second-order valence-corrected chi connectivity index (χ2v) is 6.38. The van der Waals surface area contributed by atoms with Crippen molar-refractivity contribution in [2.45, 2.75) is 57.3 Å². The van der Waals surface area contributed by atoms with Gasteiger partial charge in [-0.15, -0.1) is 0 Å². The highest BCUT2D eigenvalue weighted by Crippen LogP contribution is 2.49. The molecule has 106 valence electrons. The molecule has 0 bridgehead atoms. The number of nitrogens with one attached hydrogen (secondary N) is 1. The van der Waals surface area contributed by atoms with Gasteiger partial charge < -0.3 is 0 Å². The van der Waals surface area contributed by atoms with E-state index in [0.29, 0.717) is 0 Å². The van der Waals surface area contributed by atoms with Crippen molar-refractivity contribution in [1.82, 2.24) is 5.32 Å². The number of rotatable bonds is 3. The number of hydrogen-bond donors (Lipinski definition) is 1. The second kappa shape index (κ2) is 4.51. The van der Waals surface area contributed by atoms with Gasteiger partial charge in [0, 0.05) is 6.54 Å². The summed E-state index contributed by atoms with van der Waals surface area (Å²) < 4.78 is 38.3. The minimum absolute atomic E-state index is 0.0651. The lowest BCUT2D eigenvalue weighted by Crippen LogP contribution is -2.44. The molecule has 0 heterocycles. The monoisotopic (exact) mass is 271 g/mol. The SMILES string of the molecule is CC(C)(C)c1ccc(CNC2(C(F)(F)F)CC2)cc1. The molecule has 0 saturated heterocycles. The number of hydrogen-bond acceptors (Lipinski definition) is 1. The highest BCUT2D eigenvalue weighted by molar-refractivity contribution is 5.27. The van der Waals surface area contributed by atoms with Crippen LogP contribution in [0.25, 0.3) is 0 Å². The molecule has 0 radical (unpaired) electrons. The Morgan fingerprint density at radius 3 is 1.95 bits per heavy atom. The van der Waals surface area contributed by atoms with Gasteiger partial charge in [0.2, 0.25) is 0 Å². The molecule has 0 spiro atoms. The van der Waals surface area contributed by atoms with Crippen LogP contribution in [0, 0.1) is 0 Å². The Balaban J connectivity index is 1.98. The molecule has 19 heavy (non-hydrogen) atoms.